The highest BCUT2D eigenvalue weighted by Crippen LogP contribution is 2.18. The molecular weight excluding hydrogens is 373 g/mol. The lowest BCUT2D eigenvalue weighted by Crippen LogP contribution is -2.25. The highest BCUT2D eigenvalue weighted by Gasteiger charge is 2.10. The van der Waals surface area contributed by atoms with Crippen LogP contribution < -0.4 is 14.8 Å². The average molecular weight is 395 g/mol. The maximum atomic E-state index is 13.5. The number of rotatable bonds is 8. The van der Waals surface area contributed by atoms with Crippen molar-refractivity contribution in [2.45, 2.75) is 13.0 Å². The van der Waals surface area contributed by atoms with Crippen LogP contribution in [0.1, 0.15) is 15.9 Å². The summed E-state index contributed by atoms with van der Waals surface area (Å²) >= 11 is 0. The second-order valence-corrected chi connectivity index (χ2v) is 6.55. The number of nitrogens with one attached hydrogen (secondary N) is 1. The summed E-state index contributed by atoms with van der Waals surface area (Å²) in [6, 6.07) is 20.1. The second-order valence-electron chi connectivity index (χ2n) is 6.55. The van der Waals surface area contributed by atoms with E-state index in [2.05, 4.69) is 5.32 Å². The van der Waals surface area contributed by atoms with Crippen molar-refractivity contribution in [3.63, 3.8) is 0 Å². The topological polar surface area (TPSA) is 67.8 Å². The van der Waals surface area contributed by atoms with Gasteiger partial charge in [0.05, 0.1) is 0 Å². The number of carbonyl (C=O) groups is 1. The van der Waals surface area contributed by atoms with E-state index < -0.39 is 11.9 Å². The SMILES string of the molecule is Cc1cccc(C(=O)Nc2ccc(OC[C@@H](O)COc3ccccc3F)cc2)c1. The normalized spacial score (nSPS) is 11.6. The summed E-state index contributed by atoms with van der Waals surface area (Å²) in [6.07, 6.45) is -0.921. The maximum absolute atomic E-state index is 13.5. The summed E-state index contributed by atoms with van der Waals surface area (Å²) < 4.78 is 24.2. The molecule has 3 rings (SSSR count). The van der Waals surface area contributed by atoms with Gasteiger partial charge in [-0.3, -0.25) is 4.79 Å². The van der Waals surface area contributed by atoms with Gasteiger partial charge in [0.25, 0.3) is 5.91 Å². The van der Waals surface area contributed by atoms with E-state index in [4.69, 9.17) is 9.47 Å². The number of aryl methyl sites for hydroxylation is 1. The fourth-order valence-electron chi connectivity index (χ4n) is 2.61. The van der Waals surface area contributed by atoms with Crippen LogP contribution in [-0.4, -0.2) is 30.3 Å². The minimum absolute atomic E-state index is 0.0105. The third-order valence-electron chi connectivity index (χ3n) is 4.10. The van der Waals surface area contributed by atoms with E-state index in [-0.39, 0.29) is 24.9 Å². The highest BCUT2D eigenvalue weighted by molar-refractivity contribution is 6.04. The van der Waals surface area contributed by atoms with E-state index in [0.717, 1.165) is 5.56 Å². The summed E-state index contributed by atoms with van der Waals surface area (Å²) in [5, 5.41) is 12.8. The van der Waals surface area contributed by atoms with Gasteiger partial charge in [0.1, 0.15) is 25.1 Å². The Morgan fingerprint density at radius 3 is 2.45 bits per heavy atom. The molecule has 0 saturated heterocycles. The lowest BCUT2D eigenvalue weighted by atomic mass is 10.1. The molecule has 0 saturated carbocycles. The van der Waals surface area contributed by atoms with Gasteiger partial charge in [0, 0.05) is 11.3 Å². The zero-order valence-electron chi connectivity index (χ0n) is 16.0. The number of aliphatic hydroxyl groups excluding tert-OH is 1. The number of hydrogen-bond donors (Lipinski definition) is 2. The van der Waals surface area contributed by atoms with E-state index in [1.54, 1.807) is 42.5 Å². The molecule has 29 heavy (non-hydrogen) atoms. The lowest BCUT2D eigenvalue weighted by molar-refractivity contribution is 0.0613. The van der Waals surface area contributed by atoms with Crippen molar-refractivity contribution in [3.05, 3.63) is 89.7 Å². The van der Waals surface area contributed by atoms with E-state index in [1.807, 2.05) is 25.1 Å². The van der Waals surface area contributed by atoms with Crippen LogP contribution in [-0.2, 0) is 0 Å². The Labute approximate surface area is 168 Å². The van der Waals surface area contributed by atoms with Crippen LogP contribution in [0.4, 0.5) is 10.1 Å². The van der Waals surface area contributed by atoms with Gasteiger partial charge >= 0.3 is 0 Å². The number of amides is 1. The average Bonchev–Trinajstić information content (AvgIpc) is 2.72. The van der Waals surface area contributed by atoms with E-state index >= 15 is 0 Å². The molecule has 3 aromatic carbocycles. The molecule has 2 N–H and O–H groups in total. The van der Waals surface area contributed by atoms with Crippen LogP contribution >= 0.6 is 0 Å². The molecule has 0 spiro atoms. The van der Waals surface area contributed by atoms with Gasteiger partial charge in [0.15, 0.2) is 11.6 Å². The second kappa shape index (κ2) is 9.71. The van der Waals surface area contributed by atoms with Crippen LogP contribution in [0.5, 0.6) is 11.5 Å². The van der Waals surface area contributed by atoms with Crippen molar-refractivity contribution in [3.8, 4) is 11.5 Å². The molecule has 0 aliphatic heterocycles. The third-order valence-corrected chi connectivity index (χ3v) is 4.10. The summed E-state index contributed by atoms with van der Waals surface area (Å²) in [6.45, 7) is 1.83. The smallest absolute Gasteiger partial charge is 0.255 e. The zero-order chi connectivity index (χ0) is 20.6. The molecule has 0 aliphatic rings. The molecule has 0 unspecified atom stereocenters. The van der Waals surface area contributed by atoms with Crippen LogP contribution in [0.15, 0.2) is 72.8 Å². The minimum atomic E-state index is -0.921. The molecular formula is C23H22FNO4. The first-order chi connectivity index (χ1) is 14.0. The molecule has 0 radical (unpaired) electrons. The quantitative estimate of drug-likeness (QED) is 0.600. The van der Waals surface area contributed by atoms with Gasteiger partial charge in [-0.2, -0.15) is 0 Å². The molecule has 3 aromatic rings. The largest absolute Gasteiger partial charge is 0.491 e. The Morgan fingerprint density at radius 1 is 1.00 bits per heavy atom. The van der Waals surface area contributed by atoms with Crippen LogP contribution in [0.2, 0.25) is 0 Å². The van der Waals surface area contributed by atoms with Crippen molar-refractivity contribution < 1.29 is 23.8 Å². The van der Waals surface area contributed by atoms with Gasteiger partial charge in [0.2, 0.25) is 0 Å². The molecule has 6 heteroatoms. The van der Waals surface area contributed by atoms with Crippen LogP contribution in [0, 0.1) is 12.7 Å². The maximum Gasteiger partial charge on any atom is 0.255 e. The summed E-state index contributed by atoms with van der Waals surface area (Å²) in [7, 11) is 0. The molecule has 1 amide bonds. The number of aliphatic hydroxyl groups is 1. The molecule has 150 valence electrons. The van der Waals surface area contributed by atoms with E-state index in [9.17, 15) is 14.3 Å². The summed E-state index contributed by atoms with van der Waals surface area (Å²) in [5.74, 6) is -0.0595. The highest BCUT2D eigenvalue weighted by atomic mass is 19.1. The van der Waals surface area contributed by atoms with Gasteiger partial charge in [-0.15, -0.1) is 0 Å². The van der Waals surface area contributed by atoms with E-state index in [0.29, 0.717) is 17.0 Å². The molecule has 5 nitrogen and oxygen atoms in total. The molecule has 1 atom stereocenters. The summed E-state index contributed by atoms with van der Waals surface area (Å²) in [5.41, 5.74) is 2.23. The first-order valence-electron chi connectivity index (χ1n) is 9.17. The molecule has 0 aliphatic carbocycles. The van der Waals surface area contributed by atoms with E-state index in [1.165, 1.54) is 12.1 Å². The molecule has 0 fully saturated rings. The van der Waals surface area contributed by atoms with Crippen molar-refractivity contribution in [1.29, 1.82) is 0 Å². The van der Waals surface area contributed by atoms with Gasteiger partial charge in [-0.05, 0) is 55.5 Å². The van der Waals surface area contributed by atoms with Gasteiger partial charge in [-0.25, -0.2) is 4.39 Å². The standard InChI is InChI=1S/C23H22FNO4/c1-16-5-4-6-17(13-16)23(27)25-18-9-11-20(12-10-18)28-14-19(26)15-29-22-8-3-2-7-21(22)24/h2-13,19,26H,14-15H2,1H3,(H,25,27)/t19-/m1/s1. The lowest BCUT2D eigenvalue weighted by Gasteiger charge is -2.14. The predicted molar refractivity (Wildman–Crippen MR) is 109 cm³/mol. The van der Waals surface area contributed by atoms with Crippen molar-refractivity contribution in [1.82, 2.24) is 0 Å². The van der Waals surface area contributed by atoms with Crippen molar-refractivity contribution >= 4 is 11.6 Å². The number of halogens is 1. The first kappa shape index (κ1) is 20.4. The van der Waals surface area contributed by atoms with Crippen LogP contribution in [0.3, 0.4) is 0 Å². The Hall–Kier alpha value is -3.38. The fourth-order valence-corrected chi connectivity index (χ4v) is 2.61. The van der Waals surface area contributed by atoms with Gasteiger partial charge in [-0.1, -0.05) is 29.8 Å². The first-order valence-corrected chi connectivity index (χ1v) is 9.17. The molecule has 0 bridgehead atoms. The Morgan fingerprint density at radius 2 is 1.72 bits per heavy atom. The Balaban J connectivity index is 1.46. The Kier molecular flexibility index (Phi) is 6.81. The summed E-state index contributed by atoms with van der Waals surface area (Å²) in [4.78, 5) is 12.3. The number of ether oxygens (including phenoxy) is 2. The third kappa shape index (κ3) is 6.05. The van der Waals surface area contributed by atoms with Crippen molar-refractivity contribution in [2.75, 3.05) is 18.5 Å². The van der Waals surface area contributed by atoms with Crippen LogP contribution in [0.25, 0.3) is 0 Å². The number of carbonyl (C=O) groups excluding carboxylic acids is 1. The number of benzene rings is 3. The molecule has 0 aromatic heterocycles. The Bertz CT molecular complexity index is 959. The predicted octanol–water partition coefficient (Wildman–Crippen LogP) is 4.21. The monoisotopic (exact) mass is 395 g/mol. The van der Waals surface area contributed by atoms with Crippen molar-refractivity contribution in [2.24, 2.45) is 0 Å². The van der Waals surface area contributed by atoms with Gasteiger partial charge < -0.3 is 19.9 Å². The number of hydrogen-bond acceptors (Lipinski definition) is 4. The number of anilines is 1. The minimum Gasteiger partial charge on any atom is -0.491 e. The zero-order valence-corrected chi connectivity index (χ0v) is 16.0. The fraction of sp³-hybridized carbons (Fsp3) is 0.174. The molecule has 0 heterocycles. The number of para-hydroxylation sites is 1.